The highest BCUT2D eigenvalue weighted by atomic mass is 16.6. The van der Waals surface area contributed by atoms with Gasteiger partial charge in [0.1, 0.15) is 24.3 Å². The van der Waals surface area contributed by atoms with E-state index in [2.05, 4.69) is 10.6 Å². The van der Waals surface area contributed by atoms with Gasteiger partial charge >= 0.3 is 18.0 Å². The van der Waals surface area contributed by atoms with Crippen LogP contribution < -0.4 is 10.6 Å². The predicted octanol–water partition coefficient (Wildman–Crippen LogP) is 5.28. The van der Waals surface area contributed by atoms with Crippen LogP contribution in [-0.4, -0.2) is 47.4 Å². The lowest BCUT2D eigenvalue weighted by Crippen LogP contribution is -2.47. The predicted molar refractivity (Wildman–Crippen MR) is 153 cm³/mol. The molecule has 2 atom stereocenters. The van der Waals surface area contributed by atoms with Crippen LogP contribution in [0.5, 0.6) is 0 Å². The summed E-state index contributed by atoms with van der Waals surface area (Å²) in [5.74, 6) is -1.78. The van der Waals surface area contributed by atoms with Gasteiger partial charge in [0, 0.05) is 5.92 Å². The Bertz CT molecular complexity index is 1170. The molecule has 0 aromatic heterocycles. The topological polar surface area (TPSA) is 114 Å². The second-order valence-electron chi connectivity index (χ2n) is 10.5. The van der Waals surface area contributed by atoms with E-state index in [-0.39, 0.29) is 12.0 Å². The first-order valence-corrected chi connectivity index (χ1v) is 13.4. The third-order valence-electron chi connectivity index (χ3n) is 6.16. The van der Waals surface area contributed by atoms with E-state index in [1.165, 1.54) is 0 Å². The third kappa shape index (κ3) is 9.85. The Morgan fingerprint density at radius 3 is 1.88 bits per heavy atom. The number of benzene rings is 3. The van der Waals surface area contributed by atoms with Crippen molar-refractivity contribution in [3.63, 3.8) is 0 Å². The van der Waals surface area contributed by atoms with E-state index in [1.807, 2.05) is 91.0 Å². The maximum Gasteiger partial charge on any atom is 0.408 e. The fraction of sp³-hybridized carbons (Fsp3) is 0.344. The van der Waals surface area contributed by atoms with Crippen molar-refractivity contribution in [1.29, 1.82) is 0 Å². The summed E-state index contributed by atoms with van der Waals surface area (Å²) < 4.78 is 10.4. The summed E-state index contributed by atoms with van der Waals surface area (Å²) >= 11 is 0. The molecule has 0 spiro atoms. The van der Waals surface area contributed by atoms with Crippen molar-refractivity contribution < 1.29 is 29.0 Å². The molecule has 8 nitrogen and oxygen atoms in total. The van der Waals surface area contributed by atoms with E-state index in [0.717, 1.165) is 36.1 Å². The lowest BCUT2D eigenvalue weighted by atomic mass is 9.85. The van der Waals surface area contributed by atoms with Crippen molar-refractivity contribution in [2.75, 3.05) is 6.54 Å². The van der Waals surface area contributed by atoms with Gasteiger partial charge in [-0.3, -0.25) is 4.79 Å². The number of aliphatic carboxylic acids is 1. The van der Waals surface area contributed by atoms with Crippen molar-refractivity contribution >= 4 is 18.0 Å². The average Bonchev–Trinajstić information content (AvgIpc) is 3.48. The minimum Gasteiger partial charge on any atom is -0.480 e. The van der Waals surface area contributed by atoms with Gasteiger partial charge in [-0.2, -0.15) is 0 Å². The van der Waals surface area contributed by atoms with E-state index in [0.29, 0.717) is 6.61 Å². The molecule has 4 rings (SSSR count). The quantitative estimate of drug-likeness (QED) is 0.330. The molecule has 3 aromatic carbocycles. The van der Waals surface area contributed by atoms with Gasteiger partial charge in [-0.05, 0) is 56.8 Å². The summed E-state index contributed by atoms with van der Waals surface area (Å²) in [6.45, 7) is 6.49. The van der Waals surface area contributed by atoms with Gasteiger partial charge in [0.25, 0.3) is 0 Å². The van der Waals surface area contributed by atoms with Crippen LogP contribution in [0.15, 0.2) is 91.0 Å². The lowest BCUT2D eigenvalue weighted by molar-refractivity contribution is -0.147. The lowest BCUT2D eigenvalue weighted by Gasteiger charge is -2.27. The zero-order valence-electron chi connectivity index (χ0n) is 23.2. The van der Waals surface area contributed by atoms with Crippen LogP contribution in [0, 0.1) is 0 Å². The van der Waals surface area contributed by atoms with Gasteiger partial charge in [0.15, 0.2) is 0 Å². The molecule has 1 aliphatic rings. The Hall–Kier alpha value is -4.17. The number of carbonyl (C=O) groups is 3. The zero-order chi connectivity index (χ0) is 29.0. The second kappa shape index (κ2) is 14.8. The van der Waals surface area contributed by atoms with Crippen molar-refractivity contribution in [2.45, 2.75) is 63.8 Å². The maximum absolute atomic E-state index is 12.1. The van der Waals surface area contributed by atoms with Crippen LogP contribution in [0.4, 0.5) is 4.79 Å². The van der Waals surface area contributed by atoms with E-state index in [4.69, 9.17) is 9.47 Å². The monoisotopic (exact) mass is 546 g/mol. The Kier molecular flexibility index (Phi) is 11.3. The number of ether oxygens (including phenoxy) is 2. The molecule has 1 fully saturated rings. The molecule has 1 aliphatic heterocycles. The molecule has 3 N–H and O–H groups in total. The van der Waals surface area contributed by atoms with Gasteiger partial charge in [-0.1, -0.05) is 91.0 Å². The number of rotatable bonds is 8. The molecule has 0 radical (unpaired) electrons. The van der Waals surface area contributed by atoms with Crippen LogP contribution in [0.2, 0.25) is 0 Å². The zero-order valence-corrected chi connectivity index (χ0v) is 23.2. The largest absolute Gasteiger partial charge is 0.480 e. The van der Waals surface area contributed by atoms with Gasteiger partial charge in [-0.15, -0.1) is 0 Å². The molecule has 1 heterocycles. The summed E-state index contributed by atoms with van der Waals surface area (Å²) in [5.41, 5.74) is 1.93. The minimum atomic E-state index is -1.15. The molecule has 1 saturated heterocycles. The molecule has 0 bridgehead atoms. The second-order valence-corrected chi connectivity index (χ2v) is 10.5. The maximum atomic E-state index is 12.1. The summed E-state index contributed by atoms with van der Waals surface area (Å²) in [7, 11) is 0. The molecule has 1 amide bonds. The first-order valence-electron chi connectivity index (χ1n) is 13.4. The van der Waals surface area contributed by atoms with Crippen molar-refractivity contribution in [3.8, 4) is 0 Å². The Morgan fingerprint density at radius 2 is 1.43 bits per heavy atom. The van der Waals surface area contributed by atoms with Crippen LogP contribution in [-0.2, 0) is 25.7 Å². The standard InChI is InChI=1S/C20H23NO4.C12H15NO2/c1-20(2,3)25-19(24)21-17(18(22)23)16(14-10-6-4-7-11-14)15-12-8-5-9-13-15;14-12(11-7-4-8-13-11)15-9-10-5-2-1-3-6-10/h4-13,16-17H,1-3H3,(H,21,24)(H,22,23);1-3,5-6,11,13H,4,7-9H2/t17-;11-/m10/s1. The summed E-state index contributed by atoms with van der Waals surface area (Å²) in [5, 5.41) is 15.4. The molecule has 40 heavy (non-hydrogen) atoms. The Balaban J connectivity index is 0.000000249. The van der Waals surface area contributed by atoms with Gasteiger partial charge in [-0.25, -0.2) is 9.59 Å². The number of alkyl carbamates (subject to hydrolysis) is 1. The molecule has 3 aromatic rings. The molecule has 8 heteroatoms. The Labute approximate surface area is 235 Å². The minimum absolute atomic E-state index is 0.0892. The molecule has 0 aliphatic carbocycles. The van der Waals surface area contributed by atoms with E-state index in [9.17, 15) is 19.5 Å². The van der Waals surface area contributed by atoms with Crippen LogP contribution in [0.3, 0.4) is 0 Å². The third-order valence-corrected chi connectivity index (χ3v) is 6.16. The SMILES string of the molecule is CC(C)(C)OC(=O)N[C@@H](C(=O)O)C(c1ccccc1)c1ccccc1.O=C(OCc1ccccc1)[C@@H]1CCCN1. The van der Waals surface area contributed by atoms with Gasteiger partial charge < -0.3 is 25.2 Å². The number of hydrogen-bond donors (Lipinski definition) is 3. The van der Waals surface area contributed by atoms with Gasteiger partial charge in [0.2, 0.25) is 0 Å². The van der Waals surface area contributed by atoms with Crippen molar-refractivity contribution in [3.05, 3.63) is 108 Å². The van der Waals surface area contributed by atoms with Crippen LogP contribution in [0.1, 0.15) is 56.2 Å². The molecule has 212 valence electrons. The number of esters is 1. The number of carbonyl (C=O) groups excluding carboxylic acids is 2. The summed E-state index contributed by atoms with van der Waals surface area (Å²) in [4.78, 5) is 35.6. The molecular formula is C32H38N2O6. The number of amides is 1. The summed E-state index contributed by atoms with van der Waals surface area (Å²) in [6.07, 6.45) is 1.20. The van der Waals surface area contributed by atoms with E-state index < -0.39 is 29.6 Å². The normalized spacial score (nSPS) is 15.3. The highest BCUT2D eigenvalue weighted by Gasteiger charge is 2.33. The van der Waals surface area contributed by atoms with E-state index in [1.54, 1.807) is 20.8 Å². The number of nitrogens with one attached hydrogen (secondary N) is 2. The van der Waals surface area contributed by atoms with Crippen LogP contribution >= 0.6 is 0 Å². The van der Waals surface area contributed by atoms with Crippen molar-refractivity contribution in [1.82, 2.24) is 10.6 Å². The number of carboxylic acid groups (broad SMARTS) is 1. The number of hydrogen-bond acceptors (Lipinski definition) is 6. The molecule has 0 unspecified atom stereocenters. The Morgan fingerprint density at radius 1 is 0.900 bits per heavy atom. The highest BCUT2D eigenvalue weighted by molar-refractivity contribution is 5.82. The smallest absolute Gasteiger partial charge is 0.408 e. The summed E-state index contributed by atoms with van der Waals surface area (Å²) in [6, 6.07) is 27.0. The fourth-order valence-corrected chi connectivity index (χ4v) is 4.34. The van der Waals surface area contributed by atoms with Gasteiger partial charge in [0.05, 0.1) is 0 Å². The average molecular weight is 547 g/mol. The highest BCUT2D eigenvalue weighted by Crippen LogP contribution is 2.28. The number of carboxylic acids is 1. The molecule has 0 saturated carbocycles. The fourth-order valence-electron chi connectivity index (χ4n) is 4.34. The van der Waals surface area contributed by atoms with Crippen molar-refractivity contribution in [2.24, 2.45) is 0 Å². The van der Waals surface area contributed by atoms with E-state index >= 15 is 0 Å². The first-order chi connectivity index (χ1) is 19.1. The first kappa shape index (κ1) is 30.4. The van der Waals surface area contributed by atoms with Crippen LogP contribution in [0.25, 0.3) is 0 Å². The molecular weight excluding hydrogens is 508 g/mol.